The van der Waals surface area contributed by atoms with Crippen molar-refractivity contribution in [1.29, 1.82) is 0 Å². The maximum absolute atomic E-state index is 5.97. The molecule has 0 radical (unpaired) electrons. The van der Waals surface area contributed by atoms with Crippen LogP contribution >= 0.6 is 78.4 Å². The lowest BCUT2D eigenvalue weighted by molar-refractivity contribution is 0.563. The number of hydrogen-bond acceptors (Lipinski definition) is 1. The Labute approximate surface area is 172 Å². The monoisotopic (exact) mass is 512 g/mol. The molecule has 0 aromatic carbocycles. The molecule has 0 aliphatic carbocycles. The van der Waals surface area contributed by atoms with Gasteiger partial charge in [0.25, 0.3) is 0 Å². The van der Waals surface area contributed by atoms with Crippen molar-refractivity contribution in [2.75, 3.05) is 5.75 Å². The summed E-state index contributed by atoms with van der Waals surface area (Å²) in [7, 11) is 0. The standard InChI is InChI=1S/C16H25Br2Cl3S/c1-2-3-4-5-6-7-8-9-10-11-12-22-15(18)13(17)14(19)16(20)21/h2-12H2,1H3/b15-13-. The molecule has 0 spiro atoms. The van der Waals surface area contributed by atoms with Crippen LogP contribution in [0.15, 0.2) is 17.8 Å². The zero-order chi connectivity index (χ0) is 16.8. The minimum atomic E-state index is 0.0741. The van der Waals surface area contributed by atoms with Crippen LogP contribution in [0.2, 0.25) is 0 Å². The highest BCUT2D eigenvalue weighted by Gasteiger charge is 2.09. The fourth-order valence-electron chi connectivity index (χ4n) is 1.98. The fraction of sp³-hybridized carbons (Fsp3) is 0.750. The van der Waals surface area contributed by atoms with E-state index in [1.54, 1.807) is 11.8 Å². The lowest BCUT2D eigenvalue weighted by Gasteiger charge is -2.05. The van der Waals surface area contributed by atoms with Gasteiger partial charge in [-0.2, -0.15) is 0 Å². The first kappa shape index (κ1) is 23.7. The molecule has 0 aromatic rings. The minimum absolute atomic E-state index is 0.0741. The summed E-state index contributed by atoms with van der Waals surface area (Å²) < 4.78 is 1.73. The molecule has 0 unspecified atom stereocenters. The minimum Gasteiger partial charge on any atom is -0.117 e. The van der Waals surface area contributed by atoms with Crippen LogP contribution in [-0.2, 0) is 0 Å². The molecule has 0 heterocycles. The van der Waals surface area contributed by atoms with Crippen molar-refractivity contribution >= 4 is 78.4 Å². The summed E-state index contributed by atoms with van der Waals surface area (Å²) in [5.41, 5.74) is 0. The quantitative estimate of drug-likeness (QED) is 0.174. The normalized spacial score (nSPS) is 12.3. The van der Waals surface area contributed by atoms with Crippen molar-refractivity contribution in [3.05, 3.63) is 17.8 Å². The van der Waals surface area contributed by atoms with Gasteiger partial charge in [-0.15, -0.1) is 11.8 Å². The van der Waals surface area contributed by atoms with E-state index in [9.17, 15) is 0 Å². The van der Waals surface area contributed by atoms with Gasteiger partial charge in [-0.05, 0) is 44.0 Å². The molecule has 0 saturated carbocycles. The first-order valence-electron chi connectivity index (χ1n) is 7.89. The first-order valence-corrected chi connectivity index (χ1v) is 11.6. The molecule has 0 saturated heterocycles. The molecule has 6 heteroatoms. The summed E-state index contributed by atoms with van der Waals surface area (Å²) in [6.45, 7) is 2.26. The molecule has 0 fully saturated rings. The highest BCUT2D eigenvalue weighted by atomic mass is 79.9. The lowest BCUT2D eigenvalue weighted by atomic mass is 10.1. The SMILES string of the molecule is CCCCCCCCCCCCS/C(Br)=C(\Br)C(Cl)=C(Cl)Cl. The van der Waals surface area contributed by atoms with E-state index in [-0.39, 0.29) is 4.49 Å². The molecule has 0 aliphatic rings. The molecule has 0 atom stereocenters. The molecule has 22 heavy (non-hydrogen) atoms. The van der Waals surface area contributed by atoms with Gasteiger partial charge >= 0.3 is 0 Å². The van der Waals surface area contributed by atoms with E-state index < -0.39 is 0 Å². The molecular formula is C16H25Br2Cl3S. The molecule has 0 N–H and O–H groups in total. The van der Waals surface area contributed by atoms with E-state index in [0.29, 0.717) is 9.51 Å². The van der Waals surface area contributed by atoms with Crippen molar-refractivity contribution < 1.29 is 0 Å². The highest BCUT2D eigenvalue weighted by molar-refractivity contribution is 9.15. The lowest BCUT2D eigenvalue weighted by Crippen LogP contribution is -1.84. The Bertz CT molecular complexity index is 353. The maximum atomic E-state index is 5.97. The summed E-state index contributed by atoms with van der Waals surface area (Å²) >= 11 is 25.9. The van der Waals surface area contributed by atoms with Gasteiger partial charge in [0, 0.05) is 0 Å². The second-order valence-electron chi connectivity index (χ2n) is 5.19. The third-order valence-electron chi connectivity index (χ3n) is 3.26. The molecule has 0 amide bonds. The van der Waals surface area contributed by atoms with Crippen LogP contribution in [0.5, 0.6) is 0 Å². The average molecular weight is 516 g/mol. The van der Waals surface area contributed by atoms with E-state index in [1.165, 1.54) is 64.2 Å². The number of thioether (sulfide) groups is 1. The van der Waals surface area contributed by atoms with Gasteiger partial charge in [-0.25, -0.2) is 0 Å². The van der Waals surface area contributed by atoms with Crippen LogP contribution in [0, 0.1) is 0 Å². The van der Waals surface area contributed by atoms with Gasteiger partial charge in [0.15, 0.2) is 0 Å². The van der Waals surface area contributed by atoms with E-state index >= 15 is 0 Å². The van der Waals surface area contributed by atoms with E-state index in [2.05, 4.69) is 38.8 Å². The zero-order valence-corrected chi connectivity index (χ0v) is 19.3. The average Bonchev–Trinajstić information content (AvgIpc) is 2.50. The van der Waals surface area contributed by atoms with Gasteiger partial charge in [-0.1, -0.05) is 99.5 Å². The zero-order valence-electron chi connectivity index (χ0n) is 13.1. The van der Waals surface area contributed by atoms with Crippen molar-refractivity contribution in [2.24, 2.45) is 0 Å². The number of rotatable bonds is 13. The second-order valence-corrected chi connectivity index (χ2v) is 9.74. The van der Waals surface area contributed by atoms with Crippen LogP contribution < -0.4 is 0 Å². The highest BCUT2D eigenvalue weighted by Crippen LogP contribution is 2.38. The Morgan fingerprint density at radius 1 is 0.773 bits per heavy atom. The smallest absolute Gasteiger partial charge is 0.117 e. The third-order valence-corrected chi connectivity index (χ3v) is 8.06. The summed E-state index contributed by atoms with van der Waals surface area (Å²) in [5, 5.41) is 0.339. The number of hydrogen-bond donors (Lipinski definition) is 0. The van der Waals surface area contributed by atoms with Gasteiger partial charge in [0.05, 0.1) is 13.3 Å². The molecule has 0 aromatic heterocycles. The van der Waals surface area contributed by atoms with Crippen LogP contribution in [-0.4, -0.2) is 5.75 Å². The van der Waals surface area contributed by atoms with Crippen molar-refractivity contribution in [2.45, 2.75) is 71.1 Å². The Balaban J connectivity index is 3.58. The first-order chi connectivity index (χ1) is 10.5. The molecule has 0 aliphatic heterocycles. The number of allylic oxidation sites excluding steroid dienone is 2. The van der Waals surface area contributed by atoms with Crippen LogP contribution in [0.25, 0.3) is 0 Å². The Hall–Kier alpha value is 1.66. The van der Waals surface area contributed by atoms with Gasteiger partial charge < -0.3 is 0 Å². The fourth-order valence-corrected chi connectivity index (χ4v) is 4.65. The summed E-state index contributed by atoms with van der Waals surface area (Å²) in [5.74, 6) is 1.07. The molecule has 0 bridgehead atoms. The van der Waals surface area contributed by atoms with E-state index in [4.69, 9.17) is 34.8 Å². The van der Waals surface area contributed by atoms with Crippen molar-refractivity contribution in [3.8, 4) is 0 Å². The van der Waals surface area contributed by atoms with Crippen molar-refractivity contribution in [3.63, 3.8) is 0 Å². The van der Waals surface area contributed by atoms with E-state index in [1.807, 2.05) is 0 Å². The topological polar surface area (TPSA) is 0 Å². The predicted molar refractivity (Wildman–Crippen MR) is 114 cm³/mol. The third kappa shape index (κ3) is 13.0. The molecule has 0 nitrogen and oxygen atoms in total. The Morgan fingerprint density at radius 2 is 1.23 bits per heavy atom. The maximum Gasteiger partial charge on any atom is 0.126 e. The van der Waals surface area contributed by atoms with Crippen LogP contribution in [0.1, 0.15) is 71.1 Å². The largest absolute Gasteiger partial charge is 0.126 e. The summed E-state index contributed by atoms with van der Waals surface area (Å²) in [4.78, 5) is 0. The number of halogens is 5. The summed E-state index contributed by atoms with van der Waals surface area (Å²) in [6, 6.07) is 0. The molecule has 130 valence electrons. The Kier molecular flexibility index (Phi) is 17.4. The van der Waals surface area contributed by atoms with Gasteiger partial charge in [0.2, 0.25) is 0 Å². The van der Waals surface area contributed by atoms with Gasteiger partial charge in [0.1, 0.15) is 4.49 Å². The van der Waals surface area contributed by atoms with E-state index in [0.717, 1.165) is 9.57 Å². The molecule has 0 rings (SSSR count). The van der Waals surface area contributed by atoms with Gasteiger partial charge in [-0.3, -0.25) is 0 Å². The van der Waals surface area contributed by atoms with Crippen LogP contribution in [0.3, 0.4) is 0 Å². The number of unbranched alkanes of at least 4 members (excludes halogenated alkanes) is 9. The second kappa shape index (κ2) is 16.1. The molecular weight excluding hydrogens is 490 g/mol. The van der Waals surface area contributed by atoms with Crippen LogP contribution in [0.4, 0.5) is 0 Å². The predicted octanol–water partition coefficient (Wildman–Crippen LogP) is 9.48. The Morgan fingerprint density at radius 3 is 1.68 bits per heavy atom. The van der Waals surface area contributed by atoms with Crippen molar-refractivity contribution in [1.82, 2.24) is 0 Å². The summed E-state index contributed by atoms with van der Waals surface area (Å²) in [6.07, 6.45) is 13.5.